The van der Waals surface area contributed by atoms with Gasteiger partial charge in [0.15, 0.2) is 0 Å². The van der Waals surface area contributed by atoms with Crippen LogP contribution in [0.2, 0.25) is 0 Å². The molecule has 6 aliphatic rings. The molecule has 0 aromatic carbocycles. The van der Waals surface area contributed by atoms with Crippen LogP contribution in [-0.2, 0) is 0 Å². The molecule has 2 aliphatic heterocycles. The van der Waals surface area contributed by atoms with Crippen molar-refractivity contribution in [3.63, 3.8) is 0 Å². The molecule has 1 unspecified atom stereocenters. The largest absolute Gasteiger partial charge is 0.384 e. The molecule has 1 N–H and O–H groups in total. The Morgan fingerprint density at radius 3 is 2.61 bits per heavy atom. The molecule has 1 spiro atoms. The van der Waals surface area contributed by atoms with Crippen molar-refractivity contribution in [3.05, 3.63) is 23.4 Å². The molecule has 2 heteroatoms. The summed E-state index contributed by atoms with van der Waals surface area (Å²) < 4.78 is 0. The Morgan fingerprint density at radius 1 is 1.13 bits per heavy atom. The molecule has 4 aliphatic carbocycles. The Hall–Kier alpha value is -0.760. The molecule has 2 atom stereocenters. The summed E-state index contributed by atoms with van der Waals surface area (Å²) in [5.74, 6) is 2.83. The molecule has 0 aromatic heterocycles. The number of allylic oxidation sites excluding steroid dienone is 2. The average molecular weight is 313 g/mol. The fourth-order valence-electron chi connectivity index (χ4n) is 6.45. The minimum atomic E-state index is 0.499. The molecule has 0 aromatic rings. The van der Waals surface area contributed by atoms with Crippen molar-refractivity contribution in [3.8, 4) is 0 Å². The van der Waals surface area contributed by atoms with E-state index in [0.29, 0.717) is 5.41 Å². The van der Waals surface area contributed by atoms with E-state index >= 15 is 0 Å². The Kier molecular flexibility index (Phi) is 3.40. The number of rotatable bonds is 1. The van der Waals surface area contributed by atoms with Gasteiger partial charge in [0.25, 0.3) is 0 Å². The smallest absolute Gasteiger partial charge is 0.0335 e. The van der Waals surface area contributed by atoms with Crippen LogP contribution >= 0.6 is 0 Å². The lowest BCUT2D eigenvalue weighted by Crippen LogP contribution is -2.52. The molecule has 3 saturated carbocycles. The highest BCUT2D eigenvalue weighted by Gasteiger charge is 2.46. The summed E-state index contributed by atoms with van der Waals surface area (Å²) in [4.78, 5) is 2.90. The molecular formula is C21H32N2. The maximum atomic E-state index is 3.74. The van der Waals surface area contributed by atoms with Crippen LogP contribution in [0.4, 0.5) is 0 Å². The predicted molar refractivity (Wildman–Crippen MR) is 95.0 cm³/mol. The Morgan fingerprint density at radius 2 is 1.91 bits per heavy atom. The van der Waals surface area contributed by atoms with Gasteiger partial charge in [-0.3, -0.25) is 0 Å². The summed E-state index contributed by atoms with van der Waals surface area (Å²) in [6.07, 6.45) is 16.5. The number of hydrogen-bond acceptors (Lipinski definition) is 2. The highest BCUT2D eigenvalue weighted by molar-refractivity contribution is 5.39. The van der Waals surface area contributed by atoms with Gasteiger partial charge in [-0.25, -0.2) is 0 Å². The molecule has 0 radical (unpaired) electrons. The Labute approximate surface area is 141 Å². The van der Waals surface area contributed by atoms with Crippen LogP contribution in [0.3, 0.4) is 0 Å². The highest BCUT2D eigenvalue weighted by Crippen LogP contribution is 2.50. The van der Waals surface area contributed by atoms with Gasteiger partial charge in [-0.05, 0) is 81.0 Å². The van der Waals surface area contributed by atoms with Crippen molar-refractivity contribution in [1.29, 1.82) is 0 Å². The van der Waals surface area contributed by atoms with E-state index in [9.17, 15) is 0 Å². The van der Waals surface area contributed by atoms with Gasteiger partial charge in [0, 0.05) is 23.7 Å². The zero-order chi connectivity index (χ0) is 15.4. The standard InChI is InChI=1S/C21H32N2/c1-15-2-7-19-18(12-15)21(14-22-19)8-10-23(11-9-21)20-13-16-3-5-17(20)6-4-16/h2,7,15-17,20,22H,3-6,8-14H2,1H3/t15?,16-,17+,20-/m1/s1. The third-order valence-electron chi connectivity index (χ3n) is 7.93. The molecule has 6 rings (SSSR count). The van der Waals surface area contributed by atoms with Crippen LogP contribution in [0.5, 0.6) is 0 Å². The van der Waals surface area contributed by atoms with E-state index in [-0.39, 0.29) is 0 Å². The zero-order valence-electron chi connectivity index (χ0n) is 14.7. The van der Waals surface area contributed by atoms with Crippen LogP contribution in [0, 0.1) is 23.2 Å². The van der Waals surface area contributed by atoms with Gasteiger partial charge in [-0.1, -0.05) is 25.8 Å². The van der Waals surface area contributed by atoms with Gasteiger partial charge in [-0.2, -0.15) is 0 Å². The van der Waals surface area contributed by atoms with Gasteiger partial charge >= 0.3 is 0 Å². The average Bonchev–Trinajstić information content (AvgIpc) is 2.94. The molecule has 2 nitrogen and oxygen atoms in total. The minimum Gasteiger partial charge on any atom is -0.384 e. The topological polar surface area (TPSA) is 15.3 Å². The molecular weight excluding hydrogens is 280 g/mol. The van der Waals surface area contributed by atoms with Gasteiger partial charge < -0.3 is 10.2 Å². The molecule has 23 heavy (non-hydrogen) atoms. The van der Waals surface area contributed by atoms with E-state index in [0.717, 1.165) is 23.8 Å². The highest BCUT2D eigenvalue weighted by atomic mass is 15.2. The second kappa shape index (κ2) is 5.37. The Balaban J connectivity index is 1.30. The lowest BCUT2D eigenvalue weighted by atomic mass is 9.65. The van der Waals surface area contributed by atoms with Gasteiger partial charge in [0.1, 0.15) is 0 Å². The predicted octanol–water partition coefficient (Wildman–Crippen LogP) is 4.10. The van der Waals surface area contributed by atoms with E-state index < -0.39 is 0 Å². The van der Waals surface area contributed by atoms with Crippen molar-refractivity contribution < 1.29 is 0 Å². The van der Waals surface area contributed by atoms with Gasteiger partial charge in [0.05, 0.1) is 0 Å². The van der Waals surface area contributed by atoms with Crippen molar-refractivity contribution in [2.75, 3.05) is 19.6 Å². The molecule has 126 valence electrons. The van der Waals surface area contributed by atoms with Crippen molar-refractivity contribution in [2.24, 2.45) is 23.2 Å². The fourth-order valence-corrected chi connectivity index (χ4v) is 6.45. The first-order valence-corrected chi connectivity index (χ1v) is 10.1. The first kappa shape index (κ1) is 14.6. The monoisotopic (exact) mass is 312 g/mol. The second-order valence-corrected chi connectivity index (χ2v) is 9.19. The van der Waals surface area contributed by atoms with E-state index in [1.54, 1.807) is 5.57 Å². The summed E-state index contributed by atoms with van der Waals surface area (Å²) in [6, 6.07) is 0.938. The van der Waals surface area contributed by atoms with Crippen LogP contribution in [0.25, 0.3) is 0 Å². The lowest BCUT2D eigenvalue weighted by molar-refractivity contribution is 0.00390. The third kappa shape index (κ3) is 2.32. The molecule has 2 heterocycles. The molecule has 4 fully saturated rings. The third-order valence-corrected chi connectivity index (χ3v) is 7.93. The van der Waals surface area contributed by atoms with Crippen molar-refractivity contribution in [2.45, 2.75) is 64.3 Å². The number of fused-ring (bicyclic) bond motifs is 4. The number of nitrogens with one attached hydrogen (secondary N) is 1. The number of hydrogen-bond donors (Lipinski definition) is 1. The summed E-state index contributed by atoms with van der Waals surface area (Å²) in [5, 5.41) is 3.74. The SMILES string of the molecule is CC1C=CC2=C(C1)C1(CCN([C@@H]3C[C@H]4CC[C@@H]3CC4)CC1)CN2. The molecule has 0 amide bonds. The van der Waals surface area contributed by atoms with E-state index in [4.69, 9.17) is 0 Å². The number of piperidine rings is 1. The van der Waals surface area contributed by atoms with Crippen LogP contribution < -0.4 is 5.32 Å². The maximum Gasteiger partial charge on any atom is 0.0335 e. The fraction of sp³-hybridized carbons (Fsp3) is 0.810. The summed E-state index contributed by atoms with van der Waals surface area (Å²) in [5.41, 5.74) is 3.75. The first-order valence-electron chi connectivity index (χ1n) is 10.1. The zero-order valence-corrected chi connectivity index (χ0v) is 14.7. The van der Waals surface area contributed by atoms with E-state index in [1.165, 1.54) is 76.7 Å². The quantitative estimate of drug-likeness (QED) is 0.784. The summed E-state index contributed by atoms with van der Waals surface area (Å²) in [7, 11) is 0. The number of likely N-dealkylation sites (tertiary alicyclic amines) is 1. The van der Waals surface area contributed by atoms with E-state index in [1.807, 2.05) is 0 Å². The normalized spacial score (nSPS) is 42.1. The van der Waals surface area contributed by atoms with Crippen LogP contribution in [-0.4, -0.2) is 30.6 Å². The van der Waals surface area contributed by atoms with Gasteiger partial charge in [-0.15, -0.1) is 0 Å². The van der Waals surface area contributed by atoms with Crippen LogP contribution in [0.1, 0.15) is 58.3 Å². The van der Waals surface area contributed by atoms with Crippen LogP contribution in [0.15, 0.2) is 23.4 Å². The van der Waals surface area contributed by atoms with Crippen molar-refractivity contribution in [1.82, 2.24) is 10.2 Å². The lowest BCUT2D eigenvalue weighted by Gasteiger charge is -2.51. The minimum absolute atomic E-state index is 0.499. The molecule has 2 bridgehead atoms. The summed E-state index contributed by atoms with van der Waals surface area (Å²) >= 11 is 0. The molecule has 1 saturated heterocycles. The van der Waals surface area contributed by atoms with Gasteiger partial charge in [0.2, 0.25) is 0 Å². The summed E-state index contributed by atoms with van der Waals surface area (Å²) in [6.45, 7) is 6.29. The van der Waals surface area contributed by atoms with Crippen molar-refractivity contribution >= 4 is 0 Å². The number of nitrogens with zero attached hydrogens (tertiary/aromatic N) is 1. The second-order valence-electron chi connectivity index (χ2n) is 9.19. The Bertz CT molecular complexity index is 530. The maximum absolute atomic E-state index is 3.74. The first-order chi connectivity index (χ1) is 11.2. The van der Waals surface area contributed by atoms with E-state index in [2.05, 4.69) is 29.3 Å².